The second kappa shape index (κ2) is 10.9. The van der Waals surface area contributed by atoms with Crippen LogP contribution in [0.25, 0.3) is 0 Å². The van der Waals surface area contributed by atoms with Crippen LogP contribution in [0.4, 0.5) is 16.2 Å². The van der Waals surface area contributed by atoms with Crippen molar-refractivity contribution in [2.75, 3.05) is 30.4 Å². The Bertz CT molecular complexity index is 734. The van der Waals surface area contributed by atoms with E-state index >= 15 is 0 Å². The lowest BCUT2D eigenvalue weighted by Crippen LogP contribution is -2.26. The fourth-order valence-corrected chi connectivity index (χ4v) is 2.44. The molecule has 0 aliphatic rings. The van der Waals surface area contributed by atoms with Gasteiger partial charge < -0.3 is 20.3 Å². The summed E-state index contributed by atoms with van der Waals surface area (Å²) in [5, 5.41) is 5.54. The molecule has 0 aliphatic carbocycles. The smallest absolute Gasteiger partial charge is 0.407 e. The number of carbonyl (C=O) groups excluding carboxylic acids is 2. The molecule has 0 saturated carbocycles. The highest BCUT2D eigenvalue weighted by atomic mass is 16.5. The van der Waals surface area contributed by atoms with E-state index in [0.29, 0.717) is 19.4 Å². The Hall–Kier alpha value is -3.02. The molecule has 0 unspecified atom stereocenters. The van der Waals surface area contributed by atoms with E-state index < -0.39 is 6.09 Å². The number of nitrogens with zero attached hydrogens (tertiary/aromatic N) is 1. The zero-order valence-corrected chi connectivity index (χ0v) is 15.9. The lowest BCUT2D eigenvalue weighted by atomic mass is 10.2. The molecule has 0 atom stereocenters. The molecule has 144 valence electrons. The Kier molecular flexibility index (Phi) is 8.16. The Labute approximate surface area is 160 Å². The summed E-state index contributed by atoms with van der Waals surface area (Å²) in [7, 11) is 2.00. The van der Waals surface area contributed by atoms with E-state index in [2.05, 4.69) is 22.5 Å². The number of carbonyl (C=O) groups is 2. The van der Waals surface area contributed by atoms with Crippen molar-refractivity contribution in [1.82, 2.24) is 5.32 Å². The molecule has 2 N–H and O–H groups in total. The van der Waals surface area contributed by atoms with E-state index in [9.17, 15) is 9.59 Å². The van der Waals surface area contributed by atoms with Gasteiger partial charge in [0.2, 0.25) is 5.91 Å². The first-order valence-corrected chi connectivity index (χ1v) is 9.14. The third-order valence-electron chi connectivity index (χ3n) is 4.11. The van der Waals surface area contributed by atoms with Crippen LogP contribution in [0.2, 0.25) is 0 Å². The monoisotopic (exact) mass is 369 g/mol. The van der Waals surface area contributed by atoms with E-state index in [-0.39, 0.29) is 12.5 Å². The molecule has 2 aromatic rings. The average molecular weight is 369 g/mol. The summed E-state index contributed by atoms with van der Waals surface area (Å²) >= 11 is 0. The van der Waals surface area contributed by atoms with Crippen LogP contribution >= 0.6 is 0 Å². The van der Waals surface area contributed by atoms with Crippen molar-refractivity contribution in [3.8, 4) is 0 Å². The zero-order chi connectivity index (χ0) is 19.5. The molecule has 27 heavy (non-hydrogen) atoms. The number of hydrogen-bond donors (Lipinski definition) is 2. The number of ether oxygens (including phenoxy) is 1. The molecule has 6 heteroatoms. The molecule has 2 aromatic carbocycles. The number of amides is 2. The highest BCUT2D eigenvalue weighted by Gasteiger charge is 2.06. The Morgan fingerprint density at radius 2 is 1.85 bits per heavy atom. The summed E-state index contributed by atoms with van der Waals surface area (Å²) < 4.78 is 5.12. The first-order chi connectivity index (χ1) is 13.1. The summed E-state index contributed by atoms with van der Waals surface area (Å²) in [5.74, 6) is -0.0780. The van der Waals surface area contributed by atoms with Gasteiger partial charge in [0.05, 0.1) is 0 Å². The molecule has 2 amide bonds. The van der Waals surface area contributed by atoms with Gasteiger partial charge in [0, 0.05) is 37.9 Å². The lowest BCUT2D eigenvalue weighted by molar-refractivity contribution is -0.116. The van der Waals surface area contributed by atoms with Crippen LogP contribution in [0.15, 0.2) is 54.6 Å². The molecule has 0 bridgehead atoms. The fourth-order valence-electron chi connectivity index (χ4n) is 2.44. The SMILES string of the molecule is CCN(C)c1cccc(NC(=O)CCCNC(=O)OCc2ccccc2)c1. The minimum Gasteiger partial charge on any atom is -0.445 e. The van der Waals surface area contributed by atoms with Crippen LogP contribution in [0, 0.1) is 0 Å². The summed E-state index contributed by atoms with van der Waals surface area (Å²) in [6, 6.07) is 17.2. The van der Waals surface area contributed by atoms with Crippen molar-refractivity contribution in [2.45, 2.75) is 26.4 Å². The molecular weight excluding hydrogens is 342 g/mol. The highest BCUT2D eigenvalue weighted by molar-refractivity contribution is 5.91. The van der Waals surface area contributed by atoms with Crippen molar-refractivity contribution >= 4 is 23.4 Å². The number of rotatable bonds is 9. The van der Waals surface area contributed by atoms with Gasteiger partial charge in [0.25, 0.3) is 0 Å². The maximum Gasteiger partial charge on any atom is 0.407 e. The van der Waals surface area contributed by atoms with Gasteiger partial charge in [0.1, 0.15) is 6.61 Å². The van der Waals surface area contributed by atoms with Crippen LogP contribution in [0.1, 0.15) is 25.3 Å². The lowest BCUT2D eigenvalue weighted by Gasteiger charge is -2.17. The third-order valence-corrected chi connectivity index (χ3v) is 4.11. The maximum absolute atomic E-state index is 12.0. The normalized spacial score (nSPS) is 10.1. The van der Waals surface area contributed by atoms with Crippen LogP contribution in [0.3, 0.4) is 0 Å². The van der Waals surface area contributed by atoms with Crippen LogP contribution in [-0.2, 0) is 16.1 Å². The predicted molar refractivity (Wildman–Crippen MR) is 108 cm³/mol. The summed E-state index contributed by atoms with van der Waals surface area (Å²) in [5.41, 5.74) is 2.76. The Morgan fingerprint density at radius 3 is 2.59 bits per heavy atom. The van der Waals surface area contributed by atoms with E-state index in [0.717, 1.165) is 23.5 Å². The molecule has 0 fully saturated rings. The van der Waals surface area contributed by atoms with E-state index in [1.165, 1.54) is 0 Å². The molecule has 0 radical (unpaired) electrons. The molecule has 0 spiro atoms. The second-order valence-corrected chi connectivity index (χ2v) is 6.20. The molecule has 0 saturated heterocycles. The van der Waals surface area contributed by atoms with Gasteiger partial charge in [-0.1, -0.05) is 36.4 Å². The Balaban J connectivity index is 1.64. The molecule has 0 aromatic heterocycles. The van der Waals surface area contributed by atoms with Crippen LogP contribution in [-0.4, -0.2) is 32.1 Å². The number of benzene rings is 2. The first-order valence-electron chi connectivity index (χ1n) is 9.14. The number of alkyl carbamates (subject to hydrolysis) is 1. The fraction of sp³-hybridized carbons (Fsp3) is 0.333. The quantitative estimate of drug-likeness (QED) is 0.660. The second-order valence-electron chi connectivity index (χ2n) is 6.20. The van der Waals surface area contributed by atoms with Crippen molar-refractivity contribution < 1.29 is 14.3 Å². The number of hydrogen-bond acceptors (Lipinski definition) is 4. The minimum absolute atomic E-state index is 0.0780. The van der Waals surface area contributed by atoms with E-state index in [1.54, 1.807) is 0 Å². The van der Waals surface area contributed by atoms with Crippen molar-refractivity contribution in [2.24, 2.45) is 0 Å². The zero-order valence-electron chi connectivity index (χ0n) is 15.9. The van der Waals surface area contributed by atoms with Crippen LogP contribution < -0.4 is 15.5 Å². The van der Waals surface area contributed by atoms with E-state index in [1.807, 2.05) is 61.6 Å². The largest absolute Gasteiger partial charge is 0.445 e. The summed E-state index contributed by atoms with van der Waals surface area (Å²) in [6.07, 6.45) is 0.391. The van der Waals surface area contributed by atoms with Crippen LogP contribution in [0.5, 0.6) is 0 Å². The van der Waals surface area contributed by atoms with Gasteiger partial charge in [-0.15, -0.1) is 0 Å². The Morgan fingerprint density at radius 1 is 1.07 bits per heavy atom. The first kappa shape index (κ1) is 20.3. The summed E-state index contributed by atoms with van der Waals surface area (Å²) in [4.78, 5) is 25.8. The maximum atomic E-state index is 12.0. The highest BCUT2D eigenvalue weighted by Crippen LogP contribution is 2.18. The molecule has 6 nitrogen and oxygen atoms in total. The van der Waals surface area contributed by atoms with Gasteiger partial charge in [-0.3, -0.25) is 4.79 Å². The van der Waals surface area contributed by atoms with Gasteiger partial charge in [-0.05, 0) is 37.1 Å². The standard InChI is InChI=1S/C21H27N3O3/c1-3-24(2)19-12-7-11-18(15-19)23-20(25)13-8-14-22-21(26)27-16-17-9-5-4-6-10-17/h4-7,9-12,15H,3,8,13-14,16H2,1-2H3,(H,22,26)(H,23,25). The van der Waals surface area contributed by atoms with Gasteiger partial charge >= 0.3 is 6.09 Å². The average Bonchev–Trinajstić information content (AvgIpc) is 2.70. The summed E-state index contributed by atoms with van der Waals surface area (Å²) in [6.45, 7) is 3.59. The van der Waals surface area contributed by atoms with Gasteiger partial charge in [-0.25, -0.2) is 4.79 Å². The molecular formula is C21H27N3O3. The minimum atomic E-state index is -0.477. The van der Waals surface area contributed by atoms with Crippen molar-refractivity contribution in [3.05, 3.63) is 60.2 Å². The third kappa shape index (κ3) is 7.40. The molecule has 0 aliphatic heterocycles. The molecule has 2 rings (SSSR count). The van der Waals surface area contributed by atoms with Gasteiger partial charge in [0.15, 0.2) is 0 Å². The number of anilines is 2. The predicted octanol–water partition coefficient (Wildman–Crippen LogP) is 3.79. The number of nitrogens with one attached hydrogen (secondary N) is 2. The van der Waals surface area contributed by atoms with Gasteiger partial charge in [-0.2, -0.15) is 0 Å². The topological polar surface area (TPSA) is 70.7 Å². The van der Waals surface area contributed by atoms with Crippen molar-refractivity contribution in [1.29, 1.82) is 0 Å². The van der Waals surface area contributed by atoms with E-state index in [4.69, 9.17) is 4.74 Å². The molecule has 0 heterocycles. The van der Waals surface area contributed by atoms with Crippen molar-refractivity contribution in [3.63, 3.8) is 0 Å².